The molecule has 0 bridgehead atoms. The van der Waals surface area contributed by atoms with E-state index in [1.165, 1.54) is 89.0 Å². The maximum atomic E-state index is 7.38. The van der Waals surface area contributed by atoms with Gasteiger partial charge in [0, 0.05) is 24.6 Å². The molecule has 0 spiro atoms. The zero-order valence-electron chi connectivity index (χ0n) is 79.8. The summed E-state index contributed by atoms with van der Waals surface area (Å²) in [5.74, 6) is 0. The van der Waals surface area contributed by atoms with Crippen LogP contribution in [-0.2, 0) is 161 Å². The molecule has 0 heterocycles. The minimum atomic E-state index is -2.00. The Morgan fingerprint density at radius 2 is 0.281 bits per heavy atom. The molecular weight excluding hydrogens is 1630 g/mol. The fourth-order valence-corrected chi connectivity index (χ4v) is 28.6. The highest BCUT2D eigenvalue weighted by Crippen LogP contribution is 2.51. The lowest BCUT2D eigenvalue weighted by Crippen LogP contribution is -2.42. The van der Waals surface area contributed by atoms with Gasteiger partial charge in [-0.3, -0.25) is 0 Å². The first kappa shape index (κ1) is 103. The molecule has 0 atom stereocenters. The van der Waals surface area contributed by atoms with Crippen LogP contribution in [0, 0.1) is 5.41 Å². The molecule has 0 aliphatic carbocycles. The standard InChI is InChI=1S/C109H160O4P4S4/c1-101(2,3)93-41-25-85(26-42-93)57-69-114(118,70-58-86-27-43-94(44-28-86)102(4,5)6)77-65-110-81-109(82-111-66-78-115(119,71-59-87-29-45-95(46-30-87)103(7,8)9)72-60-88-31-47-96(48-32-88)104(10,11)12,83-112-67-79-116(120,73-61-89-33-49-97(50-34-89)105(13,14)15)74-62-90-35-51-98(52-36-90)106(16,17)18)84-113-68-80-117(121,75-63-91-37-53-99(54-38-91)107(19,20)21)76-64-92-39-55-100(56-40-92)108(22,23)24/h25-56H,57-84H2,1-24H3. The second kappa shape index (κ2) is 44.5. The highest BCUT2D eigenvalue weighted by molar-refractivity contribution is 8.15. The number of benzene rings is 8. The topological polar surface area (TPSA) is 36.9 Å². The monoisotopic (exact) mass is 1790 g/mol. The van der Waals surface area contributed by atoms with E-state index in [4.69, 9.17) is 66.2 Å². The van der Waals surface area contributed by atoms with E-state index in [9.17, 15) is 0 Å². The highest BCUT2D eigenvalue weighted by Gasteiger charge is 2.35. The molecule has 8 aromatic rings. The van der Waals surface area contributed by atoms with Crippen molar-refractivity contribution >= 4 is 71.4 Å². The Hall–Kier alpha value is -3.80. The Labute approximate surface area is 760 Å². The van der Waals surface area contributed by atoms with Crippen molar-refractivity contribution in [2.75, 3.05) is 127 Å². The molecule has 0 unspecified atom stereocenters. The van der Waals surface area contributed by atoms with Crippen LogP contribution in [0.1, 0.15) is 255 Å². The van der Waals surface area contributed by atoms with E-state index < -0.39 is 29.6 Å². The summed E-state index contributed by atoms with van der Waals surface area (Å²) in [7, 11) is 0. The Balaban J connectivity index is 1.15. The van der Waals surface area contributed by atoms with Crippen LogP contribution in [0.5, 0.6) is 0 Å². The van der Waals surface area contributed by atoms with Crippen LogP contribution in [0.2, 0.25) is 0 Å². The van der Waals surface area contributed by atoms with Crippen LogP contribution in [0.15, 0.2) is 194 Å². The van der Waals surface area contributed by atoms with Gasteiger partial charge in [-0.2, -0.15) is 0 Å². The summed E-state index contributed by atoms with van der Waals surface area (Å²) in [6.07, 6.45) is 18.7. The lowest BCUT2D eigenvalue weighted by atomic mass is 9.86. The molecule has 0 N–H and O–H groups in total. The Bertz CT molecular complexity index is 3780. The van der Waals surface area contributed by atoms with Gasteiger partial charge in [-0.15, -0.1) is 0 Å². The first-order valence-corrected chi connectivity index (χ1v) is 59.1. The molecule has 0 amide bonds. The maximum absolute atomic E-state index is 7.38. The fraction of sp³-hybridized carbons (Fsp3) is 0.560. The van der Waals surface area contributed by atoms with E-state index >= 15 is 0 Å². The Morgan fingerprint density at radius 1 is 0.174 bits per heavy atom. The largest absolute Gasteiger partial charge is 0.380 e. The molecule has 0 aliphatic heterocycles. The van der Waals surface area contributed by atoms with Crippen LogP contribution in [-0.4, -0.2) is 127 Å². The normalized spacial score (nSPS) is 13.5. The summed E-state index contributed by atoms with van der Waals surface area (Å²) in [5, 5.41) is 0. The van der Waals surface area contributed by atoms with Crippen LogP contribution < -0.4 is 0 Å². The number of rotatable bonds is 44. The number of hydrogen-bond donors (Lipinski definition) is 0. The minimum Gasteiger partial charge on any atom is -0.380 e. The van der Waals surface area contributed by atoms with Crippen LogP contribution >= 0.6 is 24.2 Å². The van der Waals surface area contributed by atoms with Crippen molar-refractivity contribution in [2.45, 2.75) is 261 Å². The fourth-order valence-electron chi connectivity index (χ4n) is 15.7. The third-order valence-electron chi connectivity index (χ3n) is 25.2. The van der Waals surface area contributed by atoms with E-state index in [1.807, 2.05) is 0 Å². The molecule has 8 aromatic carbocycles. The van der Waals surface area contributed by atoms with Crippen molar-refractivity contribution < 1.29 is 18.9 Å². The third kappa shape index (κ3) is 35.0. The summed E-state index contributed by atoms with van der Waals surface area (Å²) in [6, 6.07) is 66.7. The van der Waals surface area contributed by atoms with Gasteiger partial charge in [0.2, 0.25) is 0 Å². The van der Waals surface area contributed by atoms with E-state index in [1.54, 1.807) is 0 Å². The van der Waals surface area contributed by atoms with Crippen LogP contribution in [0.25, 0.3) is 0 Å². The van der Waals surface area contributed by atoms with Gasteiger partial charge in [-0.1, -0.05) is 408 Å². The first-order valence-electron chi connectivity index (χ1n) is 45.6. The summed E-state index contributed by atoms with van der Waals surface area (Å²) >= 11 is 28.4. The SMILES string of the molecule is CC(C)(C)c1ccc(CCP(=S)(CCOCC(COCCP(=S)(CCc2ccc(C(C)(C)C)cc2)CCc2ccc(C(C)(C)C)cc2)(COCCP(=S)(CCc2ccc(C(C)(C)C)cc2)CCc2ccc(C(C)(C)C)cc2)COCCP(=S)(CCc2ccc(C(C)(C)C)cc2)CCc2ccc(C(C)(C)C)cc2)CCc2ccc(C(C)(C)C)cc2)cc1. The van der Waals surface area contributed by atoms with Crippen molar-refractivity contribution in [1.29, 1.82) is 0 Å². The van der Waals surface area contributed by atoms with Gasteiger partial charge in [0.15, 0.2) is 0 Å². The molecule has 0 aliphatic rings. The molecule has 0 radical (unpaired) electrons. The molecule has 664 valence electrons. The van der Waals surface area contributed by atoms with E-state index in [2.05, 4.69) is 360 Å². The highest BCUT2D eigenvalue weighted by atomic mass is 32.5. The molecule has 0 aromatic heterocycles. The number of ether oxygens (including phenoxy) is 4. The molecule has 8 rings (SSSR count). The summed E-state index contributed by atoms with van der Waals surface area (Å²) < 4.78 is 29.5. The number of aryl methyl sites for hydroxylation is 8. The summed E-state index contributed by atoms with van der Waals surface area (Å²) in [4.78, 5) is 0. The van der Waals surface area contributed by atoms with E-state index in [0.29, 0.717) is 52.9 Å². The predicted molar refractivity (Wildman–Crippen MR) is 552 cm³/mol. The lowest BCUT2D eigenvalue weighted by Gasteiger charge is -2.34. The molecule has 0 saturated heterocycles. The maximum Gasteiger partial charge on any atom is 0.0637 e. The zero-order chi connectivity index (χ0) is 89.0. The molecule has 4 nitrogen and oxygen atoms in total. The lowest BCUT2D eigenvalue weighted by molar-refractivity contribution is -0.100. The predicted octanol–water partition coefficient (Wildman–Crippen LogP) is 28.3. The molecule has 121 heavy (non-hydrogen) atoms. The average molecular weight is 1790 g/mol. The van der Waals surface area contributed by atoms with Gasteiger partial charge < -0.3 is 18.9 Å². The second-order valence-electron chi connectivity index (χ2n) is 44.2. The van der Waals surface area contributed by atoms with Crippen molar-refractivity contribution in [3.8, 4) is 0 Å². The van der Waals surface area contributed by atoms with Crippen molar-refractivity contribution in [3.63, 3.8) is 0 Å². The average Bonchev–Trinajstić information content (AvgIpc) is 1.24. The molecule has 0 saturated carbocycles. The zero-order valence-corrected chi connectivity index (χ0v) is 86.7. The minimum absolute atomic E-state index is 0.0773. The van der Waals surface area contributed by atoms with Gasteiger partial charge in [0.05, 0.1) is 58.3 Å². The van der Waals surface area contributed by atoms with Gasteiger partial charge in [-0.25, -0.2) is 0 Å². The summed E-state index contributed by atoms with van der Waals surface area (Å²) in [6.45, 7) is 58.8. The molecular formula is C109H160O4P4S4. The Morgan fingerprint density at radius 3 is 0.380 bits per heavy atom. The van der Waals surface area contributed by atoms with Crippen LogP contribution in [0.3, 0.4) is 0 Å². The summed E-state index contributed by atoms with van der Waals surface area (Å²) in [5.41, 5.74) is 21.5. The quantitative estimate of drug-likeness (QED) is 0.0276. The van der Waals surface area contributed by atoms with E-state index in [0.717, 1.165) is 125 Å². The number of hydrogen-bond acceptors (Lipinski definition) is 8. The van der Waals surface area contributed by atoms with Crippen molar-refractivity contribution in [2.24, 2.45) is 5.41 Å². The van der Waals surface area contributed by atoms with Gasteiger partial charge in [0.25, 0.3) is 0 Å². The smallest absolute Gasteiger partial charge is 0.0637 e. The molecule has 12 heteroatoms. The van der Waals surface area contributed by atoms with Crippen LogP contribution in [0.4, 0.5) is 0 Å². The first-order chi connectivity index (χ1) is 56.3. The third-order valence-corrected chi connectivity index (χ3v) is 44.1. The second-order valence-corrected chi connectivity index (χ2v) is 67.3. The van der Waals surface area contributed by atoms with Crippen molar-refractivity contribution in [3.05, 3.63) is 283 Å². The van der Waals surface area contributed by atoms with Gasteiger partial charge >= 0.3 is 0 Å². The van der Waals surface area contributed by atoms with E-state index in [-0.39, 0.29) is 43.3 Å². The van der Waals surface area contributed by atoms with Gasteiger partial charge in [0.1, 0.15) is 0 Å². The van der Waals surface area contributed by atoms with Crippen molar-refractivity contribution in [1.82, 2.24) is 0 Å². The molecule has 0 fully saturated rings. The van der Waals surface area contributed by atoms with Gasteiger partial charge in [-0.05, 0) is 257 Å². The Kier molecular flexibility index (Phi) is 37.7.